The molecule has 0 bridgehead atoms. The van der Waals surface area contributed by atoms with Gasteiger partial charge in [0.25, 0.3) is 0 Å². The lowest BCUT2D eigenvalue weighted by Gasteiger charge is -2.13. The van der Waals surface area contributed by atoms with Crippen molar-refractivity contribution in [1.82, 2.24) is 9.29 Å². The largest absolute Gasteiger partial charge is 0.264 e. The molecule has 0 aromatic carbocycles. The highest BCUT2D eigenvalue weighted by Crippen LogP contribution is 2.13. The van der Waals surface area contributed by atoms with Crippen LogP contribution in [0, 0.1) is 0 Å². The Kier molecular flexibility index (Phi) is 3.02. The fourth-order valence-electron chi connectivity index (χ4n) is 1.74. The molecule has 15 heavy (non-hydrogen) atoms. The van der Waals surface area contributed by atoms with E-state index in [2.05, 4.69) is 4.98 Å². The van der Waals surface area contributed by atoms with Gasteiger partial charge in [-0.25, -0.2) is 12.7 Å². The maximum absolute atomic E-state index is 11.5. The third-order valence-electron chi connectivity index (χ3n) is 2.58. The van der Waals surface area contributed by atoms with Crippen LogP contribution in [0.1, 0.15) is 12.0 Å². The number of hydrogen-bond acceptors (Lipinski definition) is 3. The van der Waals surface area contributed by atoms with Gasteiger partial charge in [-0.2, -0.15) is 0 Å². The van der Waals surface area contributed by atoms with E-state index in [-0.39, 0.29) is 0 Å². The van der Waals surface area contributed by atoms with Crippen LogP contribution in [-0.2, 0) is 16.4 Å². The Morgan fingerprint density at radius 3 is 2.93 bits per heavy atom. The standard InChI is InChI=1S/C10H14N2O2S/c13-15(14)8-2-6-12(15)7-4-10-3-1-5-11-9-10/h1,3,5,9H,2,4,6-8H2. The van der Waals surface area contributed by atoms with Crippen LogP contribution in [-0.4, -0.2) is 36.5 Å². The molecule has 0 spiro atoms. The molecule has 1 aromatic heterocycles. The minimum atomic E-state index is -2.94. The molecule has 0 unspecified atom stereocenters. The van der Waals surface area contributed by atoms with E-state index in [0.717, 1.165) is 18.4 Å². The molecule has 0 saturated carbocycles. The summed E-state index contributed by atoms with van der Waals surface area (Å²) < 4.78 is 24.6. The van der Waals surface area contributed by atoms with Crippen LogP contribution in [0.5, 0.6) is 0 Å². The molecule has 0 radical (unpaired) electrons. The first-order valence-corrected chi connectivity index (χ1v) is 6.66. The van der Waals surface area contributed by atoms with Gasteiger partial charge in [0.2, 0.25) is 10.0 Å². The Morgan fingerprint density at radius 1 is 1.47 bits per heavy atom. The summed E-state index contributed by atoms with van der Waals surface area (Å²) in [5, 5.41) is 0. The van der Waals surface area contributed by atoms with Crippen molar-refractivity contribution in [2.24, 2.45) is 0 Å². The molecular weight excluding hydrogens is 212 g/mol. The zero-order chi connectivity index (χ0) is 10.7. The summed E-state index contributed by atoms with van der Waals surface area (Å²) in [5.41, 5.74) is 1.08. The lowest BCUT2D eigenvalue weighted by molar-refractivity contribution is 0.447. The Balaban J connectivity index is 1.94. The van der Waals surface area contributed by atoms with E-state index in [0.29, 0.717) is 18.8 Å². The normalized spacial score (nSPS) is 20.5. The Hall–Kier alpha value is -0.940. The van der Waals surface area contributed by atoms with Crippen molar-refractivity contribution in [2.45, 2.75) is 12.8 Å². The minimum absolute atomic E-state index is 0.306. The lowest BCUT2D eigenvalue weighted by atomic mass is 10.2. The van der Waals surface area contributed by atoms with Crippen molar-refractivity contribution in [3.63, 3.8) is 0 Å². The van der Waals surface area contributed by atoms with Gasteiger partial charge in [0.1, 0.15) is 0 Å². The van der Waals surface area contributed by atoms with Crippen molar-refractivity contribution in [2.75, 3.05) is 18.8 Å². The molecular formula is C10H14N2O2S. The van der Waals surface area contributed by atoms with E-state index in [1.54, 1.807) is 16.7 Å². The molecule has 82 valence electrons. The molecule has 4 nitrogen and oxygen atoms in total. The fraction of sp³-hybridized carbons (Fsp3) is 0.500. The zero-order valence-electron chi connectivity index (χ0n) is 8.46. The zero-order valence-corrected chi connectivity index (χ0v) is 9.28. The first-order chi connectivity index (χ1) is 7.18. The number of pyridine rings is 1. The van der Waals surface area contributed by atoms with Gasteiger partial charge in [0.05, 0.1) is 5.75 Å². The smallest absolute Gasteiger partial charge is 0.214 e. The summed E-state index contributed by atoms with van der Waals surface area (Å²) in [5.74, 6) is 0.306. The van der Waals surface area contributed by atoms with Gasteiger partial charge in [-0.1, -0.05) is 6.07 Å². The molecule has 2 heterocycles. The molecule has 0 aliphatic carbocycles. The summed E-state index contributed by atoms with van der Waals surface area (Å²) >= 11 is 0. The topological polar surface area (TPSA) is 50.3 Å². The van der Waals surface area contributed by atoms with Crippen LogP contribution in [0.3, 0.4) is 0 Å². The molecule has 2 rings (SSSR count). The molecule has 0 amide bonds. The summed E-state index contributed by atoms with van der Waals surface area (Å²) in [6.07, 6.45) is 5.00. The number of aromatic nitrogens is 1. The predicted molar refractivity (Wildman–Crippen MR) is 57.9 cm³/mol. The summed E-state index contributed by atoms with van der Waals surface area (Å²) in [6, 6.07) is 3.84. The van der Waals surface area contributed by atoms with Crippen molar-refractivity contribution in [1.29, 1.82) is 0 Å². The minimum Gasteiger partial charge on any atom is -0.264 e. The number of hydrogen-bond donors (Lipinski definition) is 0. The quantitative estimate of drug-likeness (QED) is 0.760. The Morgan fingerprint density at radius 2 is 2.33 bits per heavy atom. The van der Waals surface area contributed by atoms with Crippen LogP contribution in [0.25, 0.3) is 0 Å². The molecule has 1 aromatic rings. The third-order valence-corrected chi connectivity index (χ3v) is 4.53. The molecule has 1 aliphatic rings. The average Bonchev–Trinajstić information content (AvgIpc) is 2.56. The molecule has 5 heteroatoms. The predicted octanol–water partition coefficient (Wildman–Crippen LogP) is 0.660. The van der Waals surface area contributed by atoms with Crippen LogP contribution in [0.15, 0.2) is 24.5 Å². The molecule has 1 aliphatic heterocycles. The number of rotatable bonds is 3. The van der Waals surface area contributed by atoms with Crippen LogP contribution in [0.2, 0.25) is 0 Å². The van der Waals surface area contributed by atoms with E-state index in [4.69, 9.17) is 0 Å². The highest BCUT2D eigenvalue weighted by molar-refractivity contribution is 7.89. The van der Waals surface area contributed by atoms with Gasteiger partial charge < -0.3 is 0 Å². The molecule has 1 fully saturated rings. The third kappa shape index (κ3) is 2.54. The van der Waals surface area contributed by atoms with Crippen LogP contribution >= 0.6 is 0 Å². The monoisotopic (exact) mass is 226 g/mol. The van der Waals surface area contributed by atoms with Gasteiger partial charge in [0, 0.05) is 25.5 Å². The average molecular weight is 226 g/mol. The van der Waals surface area contributed by atoms with Gasteiger partial charge in [-0.05, 0) is 24.5 Å². The lowest BCUT2D eigenvalue weighted by Crippen LogP contribution is -2.27. The second-order valence-corrected chi connectivity index (χ2v) is 5.77. The second kappa shape index (κ2) is 4.28. The van der Waals surface area contributed by atoms with E-state index in [9.17, 15) is 8.42 Å². The van der Waals surface area contributed by atoms with Crippen molar-refractivity contribution < 1.29 is 8.42 Å². The number of nitrogens with zero attached hydrogens (tertiary/aromatic N) is 2. The maximum atomic E-state index is 11.5. The van der Waals surface area contributed by atoms with E-state index < -0.39 is 10.0 Å². The first-order valence-electron chi connectivity index (χ1n) is 5.05. The highest BCUT2D eigenvalue weighted by Gasteiger charge is 2.27. The fourth-order valence-corrected chi connectivity index (χ4v) is 3.27. The van der Waals surface area contributed by atoms with Gasteiger partial charge in [-0.3, -0.25) is 4.98 Å². The summed E-state index contributed by atoms with van der Waals surface area (Å²) in [7, 11) is -2.94. The van der Waals surface area contributed by atoms with Gasteiger partial charge >= 0.3 is 0 Å². The second-order valence-electron chi connectivity index (χ2n) is 3.68. The van der Waals surface area contributed by atoms with Crippen LogP contribution < -0.4 is 0 Å². The van der Waals surface area contributed by atoms with Crippen molar-refractivity contribution in [3.05, 3.63) is 30.1 Å². The Bertz CT molecular complexity index is 416. The molecule has 0 atom stereocenters. The van der Waals surface area contributed by atoms with Gasteiger partial charge in [0.15, 0.2) is 0 Å². The van der Waals surface area contributed by atoms with Crippen LogP contribution in [0.4, 0.5) is 0 Å². The SMILES string of the molecule is O=S1(=O)CCCN1CCc1cccnc1. The molecule has 0 N–H and O–H groups in total. The van der Waals surface area contributed by atoms with E-state index in [1.165, 1.54) is 0 Å². The first kappa shape index (κ1) is 10.6. The maximum Gasteiger partial charge on any atom is 0.214 e. The highest BCUT2D eigenvalue weighted by atomic mass is 32.2. The van der Waals surface area contributed by atoms with E-state index >= 15 is 0 Å². The van der Waals surface area contributed by atoms with Crippen molar-refractivity contribution in [3.8, 4) is 0 Å². The van der Waals surface area contributed by atoms with Crippen molar-refractivity contribution >= 4 is 10.0 Å². The van der Waals surface area contributed by atoms with E-state index in [1.807, 2.05) is 12.1 Å². The summed E-state index contributed by atoms with van der Waals surface area (Å²) in [6.45, 7) is 1.25. The van der Waals surface area contributed by atoms with Gasteiger partial charge in [-0.15, -0.1) is 0 Å². The summed E-state index contributed by atoms with van der Waals surface area (Å²) in [4.78, 5) is 4.00. The Labute approximate surface area is 90.0 Å². The number of sulfonamides is 1. The molecule has 1 saturated heterocycles.